The standard InChI is InChI=1S/C16H26N2O3S2/c1-6-18(7-2)23(20,21)14-10-8-13(9-11-14)17-15(19)12-22-16(3,4)5/h8-11H,6-7,12H2,1-5H3,(H,17,19). The van der Waals surface area contributed by atoms with Crippen LogP contribution in [0.25, 0.3) is 0 Å². The van der Waals surface area contributed by atoms with Gasteiger partial charge in [-0.1, -0.05) is 34.6 Å². The van der Waals surface area contributed by atoms with E-state index in [2.05, 4.69) is 26.1 Å². The third kappa shape index (κ3) is 6.16. The van der Waals surface area contributed by atoms with E-state index in [1.54, 1.807) is 23.9 Å². The molecule has 0 heterocycles. The molecule has 1 aromatic rings. The van der Waals surface area contributed by atoms with Gasteiger partial charge in [0.2, 0.25) is 15.9 Å². The molecule has 1 rings (SSSR count). The van der Waals surface area contributed by atoms with Crippen LogP contribution in [0.5, 0.6) is 0 Å². The van der Waals surface area contributed by atoms with E-state index in [1.807, 2.05) is 13.8 Å². The highest BCUT2D eigenvalue weighted by atomic mass is 32.2. The second-order valence-electron chi connectivity index (χ2n) is 6.06. The molecule has 1 amide bonds. The van der Waals surface area contributed by atoms with Crippen molar-refractivity contribution in [3.63, 3.8) is 0 Å². The number of hydrogen-bond donors (Lipinski definition) is 1. The lowest BCUT2D eigenvalue weighted by molar-refractivity contribution is -0.113. The maximum absolute atomic E-state index is 12.4. The van der Waals surface area contributed by atoms with Crippen LogP contribution in [-0.4, -0.2) is 42.2 Å². The minimum Gasteiger partial charge on any atom is -0.325 e. The van der Waals surface area contributed by atoms with Crippen molar-refractivity contribution in [2.75, 3.05) is 24.2 Å². The summed E-state index contributed by atoms with van der Waals surface area (Å²) in [7, 11) is -3.46. The zero-order chi connectivity index (χ0) is 17.7. The lowest BCUT2D eigenvalue weighted by atomic mass is 10.3. The summed E-state index contributed by atoms with van der Waals surface area (Å²) in [6.45, 7) is 10.6. The third-order valence-corrected chi connectivity index (χ3v) is 6.45. The molecule has 130 valence electrons. The van der Waals surface area contributed by atoms with Crippen molar-refractivity contribution in [3.05, 3.63) is 24.3 Å². The van der Waals surface area contributed by atoms with E-state index in [0.29, 0.717) is 24.5 Å². The first-order chi connectivity index (χ1) is 10.6. The topological polar surface area (TPSA) is 66.5 Å². The fourth-order valence-corrected chi connectivity index (χ4v) is 4.00. The number of anilines is 1. The van der Waals surface area contributed by atoms with Gasteiger partial charge in [0.15, 0.2) is 0 Å². The van der Waals surface area contributed by atoms with Gasteiger partial charge >= 0.3 is 0 Å². The molecule has 0 spiro atoms. The van der Waals surface area contributed by atoms with E-state index in [-0.39, 0.29) is 15.5 Å². The molecule has 7 heteroatoms. The van der Waals surface area contributed by atoms with Crippen LogP contribution in [0.2, 0.25) is 0 Å². The third-order valence-electron chi connectivity index (χ3n) is 3.12. The Morgan fingerprint density at radius 3 is 2.09 bits per heavy atom. The highest BCUT2D eigenvalue weighted by molar-refractivity contribution is 8.01. The molecule has 1 aromatic carbocycles. The van der Waals surface area contributed by atoms with E-state index in [0.717, 1.165) is 0 Å². The molecule has 0 aliphatic heterocycles. The molecular formula is C16H26N2O3S2. The molecule has 0 fully saturated rings. The summed E-state index contributed by atoms with van der Waals surface area (Å²) in [5.41, 5.74) is 0.600. The summed E-state index contributed by atoms with van der Waals surface area (Å²) >= 11 is 1.56. The Bertz CT molecular complexity index is 616. The van der Waals surface area contributed by atoms with Gasteiger partial charge < -0.3 is 5.32 Å². The molecule has 0 saturated carbocycles. The maximum atomic E-state index is 12.4. The Labute approximate surface area is 143 Å². The summed E-state index contributed by atoms with van der Waals surface area (Å²) in [4.78, 5) is 12.1. The number of thioether (sulfide) groups is 1. The first kappa shape index (κ1) is 20.0. The highest BCUT2D eigenvalue weighted by Crippen LogP contribution is 2.23. The van der Waals surface area contributed by atoms with E-state index < -0.39 is 10.0 Å². The smallest absolute Gasteiger partial charge is 0.243 e. The predicted molar refractivity (Wildman–Crippen MR) is 97.4 cm³/mol. The van der Waals surface area contributed by atoms with Crippen LogP contribution in [-0.2, 0) is 14.8 Å². The number of rotatable bonds is 7. The number of amides is 1. The second-order valence-corrected chi connectivity index (χ2v) is 9.80. The molecule has 0 unspecified atom stereocenters. The van der Waals surface area contributed by atoms with E-state index >= 15 is 0 Å². The second kappa shape index (κ2) is 8.17. The Kier molecular flexibility index (Phi) is 7.10. The number of carbonyl (C=O) groups is 1. The summed E-state index contributed by atoms with van der Waals surface area (Å²) in [5, 5.41) is 2.78. The maximum Gasteiger partial charge on any atom is 0.243 e. The Hall–Kier alpha value is -1.05. The molecule has 0 radical (unpaired) electrons. The first-order valence-corrected chi connectivity index (χ1v) is 10.1. The van der Waals surface area contributed by atoms with Crippen molar-refractivity contribution < 1.29 is 13.2 Å². The quantitative estimate of drug-likeness (QED) is 0.813. The lowest BCUT2D eigenvalue weighted by Gasteiger charge is -2.19. The first-order valence-electron chi connectivity index (χ1n) is 7.64. The zero-order valence-corrected chi connectivity index (χ0v) is 16.1. The predicted octanol–water partition coefficient (Wildman–Crippen LogP) is 3.19. The average Bonchev–Trinajstić information content (AvgIpc) is 2.46. The summed E-state index contributed by atoms with van der Waals surface area (Å²) in [5.74, 6) is 0.271. The minimum atomic E-state index is -3.46. The number of benzene rings is 1. The zero-order valence-electron chi connectivity index (χ0n) is 14.4. The Morgan fingerprint density at radius 1 is 1.13 bits per heavy atom. The van der Waals surface area contributed by atoms with Crippen LogP contribution >= 0.6 is 11.8 Å². The fourth-order valence-electron chi connectivity index (χ4n) is 1.90. The van der Waals surface area contributed by atoms with Crippen molar-refractivity contribution in [2.45, 2.75) is 44.3 Å². The summed E-state index contributed by atoms with van der Waals surface area (Å²) in [6, 6.07) is 6.30. The van der Waals surface area contributed by atoms with Crippen LogP contribution in [0.4, 0.5) is 5.69 Å². The number of nitrogens with one attached hydrogen (secondary N) is 1. The van der Waals surface area contributed by atoms with Crippen LogP contribution < -0.4 is 5.32 Å². The van der Waals surface area contributed by atoms with Gasteiger partial charge in [-0.05, 0) is 24.3 Å². The number of nitrogens with zero attached hydrogens (tertiary/aromatic N) is 1. The Morgan fingerprint density at radius 2 is 1.65 bits per heavy atom. The van der Waals surface area contributed by atoms with Crippen LogP contribution in [0, 0.1) is 0 Å². The number of carbonyl (C=O) groups excluding carboxylic acids is 1. The van der Waals surface area contributed by atoms with Crippen molar-refractivity contribution in [1.82, 2.24) is 4.31 Å². The van der Waals surface area contributed by atoms with Gasteiger partial charge in [-0.3, -0.25) is 4.79 Å². The van der Waals surface area contributed by atoms with E-state index in [4.69, 9.17) is 0 Å². The Balaban J connectivity index is 2.76. The largest absolute Gasteiger partial charge is 0.325 e. The highest BCUT2D eigenvalue weighted by Gasteiger charge is 2.21. The van der Waals surface area contributed by atoms with Gasteiger partial charge in [-0.25, -0.2) is 8.42 Å². The van der Waals surface area contributed by atoms with Crippen LogP contribution in [0.3, 0.4) is 0 Å². The molecule has 0 aliphatic rings. The molecular weight excluding hydrogens is 332 g/mol. The average molecular weight is 359 g/mol. The van der Waals surface area contributed by atoms with Crippen molar-refractivity contribution in [1.29, 1.82) is 0 Å². The van der Waals surface area contributed by atoms with Crippen molar-refractivity contribution in [2.24, 2.45) is 0 Å². The van der Waals surface area contributed by atoms with Crippen LogP contribution in [0.1, 0.15) is 34.6 Å². The van der Waals surface area contributed by atoms with Gasteiger partial charge in [0.25, 0.3) is 0 Å². The SMILES string of the molecule is CCN(CC)S(=O)(=O)c1ccc(NC(=O)CSC(C)(C)C)cc1. The molecule has 0 aromatic heterocycles. The molecule has 0 saturated heterocycles. The monoisotopic (exact) mass is 358 g/mol. The minimum absolute atomic E-state index is 0.0268. The van der Waals surface area contributed by atoms with Gasteiger partial charge in [-0.15, -0.1) is 11.8 Å². The molecule has 0 bridgehead atoms. The fraction of sp³-hybridized carbons (Fsp3) is 0.562. The number of hydrogen-bond acceptors (Lipinski definition) is 4. The summed E-state index contributed by atoms with van der Waals surface area (Å²) in [6.07, 6.45) is 0. The molecule has 0 aliphatic carbocycles. The molecule has 1 N–H and O–H groups in total. The number of sulfonamides is 1. The van der Waals surface area contributed by atoms with Gasteiger partial charge in [0.05, 0.1) is 10.6 Å². The summed E-state index contributed by atoms with van der Waals surface area (Å²) < 4.78 is 26.2. The molecule has 23 heavy (non-hydrogen) atoms. The normalized spacial score (nSPS) is 12.4. The van der Waals surface area contributed by atoms with E-state index in [9.17, 15) is 13.2 Å². The van der Waals surface area contributed by atoms with Gasteiger partial charge in [-0.2, -0.15) is 4.31 Å². The van der Waals surface area contributed by atoms with Gasteiger partial charge in [0, 0.05) is 23.5 Å². The van der Waals surface area contributed by atoms with Crippen molar-refractivity contribution in [3.8, 4) is 0 Å². The molecule has 0 atom stereocenters. The van der Waals surface area contributed by atoms with Gasteiger partial charge in [0.1, 0.15) is 0 Å². The molecule has 5 nitrogen and oxygen atoms in total. The lowest BCUT2D eigenvalue weighted by Crippen LogP contribution is -2.30. The van der Waals surface area contributed by atoms with Crippen LogP contribution in [0.15, 0.2) is 29.2 Å². The van der Waals surface area contributed by atoms with E-state index in [1.165, 1.54) is 16.4 Å². The van der Waals surface area contributed by atoms with Crippen molar-refractivity contribution >= 4 is 33.4 Å².